The molecule has 0 aromatic heterocycles. The van der Waals surface area contributed by atoms with E-state index in [9.17, 15) is 14.4 Å². The lowest BCUT2D eigenvalue weighted by Crippen LogP contribution is -2.18. The molecule has 3 unspecified atom stereocenters. The predicted molar refractivity (Wildman–Crippen MR) is 190 cm³/mol. The first-order valence-corrected chi connectivity index (χ1v) is 13.3. The van der Waals surface area contributed by atoms with Gasteiger partial charge in [-0.1, -0.05) is 116 Å². The summed E-state index contributed by atoms with van der Waals surface area (Å²) >= 11 is 0. The summed E-state index contributed by atoms with van der Waals surface area (Å²) in [5, 5.41) is 10.5. The Hall–Kier alpha value is -3.13. The van der Waals surface area contributed by atoms with Crippen molar-refractivity contribution in [2.24, 2.45) is 17.8 Å². The van der Waals surface area contributed by atoms with E-state index in [2.05, 4.69) is 16.9 Å². The van der Waals surface area contributed by atoms with Crippen LogP contribution in [0.2, 0.25) is 0 Å². The van der Waals surface area contributed by atoms with Crippen molar-refractivity contribution in [3.05, 3.63) is 42.5 Å². The standard InChI is InChI=1S/C19H24O4.C6H12O2.C5H10O2.6CH4/c1-3-15(2)19(20)23-13-11-21-10-12-22-18-9-8-16-6-4-5-7-17(16)14-18;1-4-5(2)6(7)8-3;1-3-4(2)5(6)7;;;;;;/h4-9,14-15H,3,10-13H2,1-2H3;5H,4H2,1-3H3;4H,3H2,1-2H3,(H,6,7);6*1H4. The molecule has 44 heavy (non-hydrogen) atoms. The van der Waals surface area contributed by atoms with Gasteiger partial charge in [0.1, 0.15) is 19.0 Å². The van der Waals surface area contributed by atoms with E-state index < -0.39 is 5.97 Å². The van der Waals surface area contributed by atoms with Crippen LogP contribution in [-0.2, 0) is 28.6 Å². The molecule has 0 bridgehead atoms. The molecule has 0 saturated carbocycles. The fourth-order valence-corrected chi connectivity index (χ4v) is 2.63. The summed E-state index contributed by atoms with van der Waals surface area (Å²) in [6.45, 7) is 12.8. The van der Waals surface area contributed by atoms with Crippen molar-refractivity contribution in [2.75, 3.05) is 33.5 Å². The molecule has 0 aliphatic rings. The Balaban J connectivity index is -0.000000111. The van der Waals surface area contributed by atoms with Gasteiger partial charge in [0.2, 0.25) is 0 Å². The van der Waals surface area contributed by atoms with Crippen molar-refractivity contribution < 1.29 is 38.4 Å². The lowest BCUT2D eigenvalue weighted by atomic mass is 10.1. The van der Waals surface area contributed by atoms with Crippen LogP contribution in [0.5, 0.6) is 5.75 Å². The molecule has 8 heteroatoms. The van der Waals surface area contributed by atoms with Crippen LogP contribution in [-0.4, -0.2) is 56.6 Å². The van der Waals surface area contributed by atoms with Gasteiger partial charge in [-0.2, -0.15) is 0 Å². The largest absolute Gasteiger partial charge is 0.491 e. The fraction of sp³-hybridized carbons (Fsp3) is 0.639. The van der Waals surface area contributed by atoms with Crippen LogP contribution < -0.4 is 4.74 Å². The monoisotopic (exact) mass is 631 g/mol. The number of hydrogen-bond donors (Lipinski definition) is 1. The first-order chi connectivity index (χ1) is 18.1. The van der Waals surface area contributed by atoms with E-state index >= 15 is 0 Å². The molecule has 3 atom stereocenters. The molecule has 0 fully saturated rings. The van der Waals surface area contributed by atoms with Gasteiger partial charge in [0, 0.05) is 0 Å². The topological polar surface area (TPSA) is 108 Å². The molecule has 2 aromatic rings. The molecule has 262 valence electrons. The molecule has 8 nitrogen and oxygen atoms in total. The highest BCUT2D eigenvalue weighted by atomic mass is 16.6. The maximum Gasteiger partial charge on any atom is 0.308 e. The summed E-state index contributed by atoms with van der Waals surface area (Å²) < 4.78 is 20.6. The molecule has 0 aliphatic heterocycles. The number of carboxylic acid groups (broad SMARTS) is 1. The molecule has 0 amide bonds. The Kier molecular flexibility index (Phi) is 44.2. The second-order valence-corrected chi connectivity index (χ2v) is 8.93. The summed E-state index contributed by atoms with van der Waals surface area (Å²) in [4.78, 5) is 31.9. The molecule has 2 rings (SSSR count). The number of hydrogen-bond acceptors (Lipinski definition) is 7. The number of benzene rings is 2. The van der Waals surface area contributed by atoms with Crippen LogP contribution in [0.15, 0.2) is 42.5 Å². The zero-order valence-electron chi connectivity index (χ0n) is 24.0. The van der Waals surface area contributed by atoms with E-state index in [-0.39, 0.29) is 74.3 Å². The quantitative estimate of drug-likeness (QED) is 0.172. The van der Waals surface area contributed by atoms with Crippen molar-refractivity contribution >= 4 is 28.7 Å². The number of aliphatic carboxylic acids is 1. The molecule has 2 aromatic carbocycles. The first-order valence-electron chi connectivity index (χ1n) is 13.3. The molecule has 0 spiro atoms. The SMILES string of the molecule is C.C.C.C.C.C.CCC(C)C(=O)O.CCC(C)C(=O)OC.CCC(C)C(=O)OCCOCCOc1ccc2ccccc2c1. The zero-order chi connectivity index (χ0) is 28.9. The third kappa shape index (κ3) is 25.4. The number of carbonyl (C=O) groups excluding carboxylic acids is 2. The summed E-state index contributed by atoms with van der Waals surface area (Å²) in [6.07, 6.45) is 2.36. The number of fused-ring (bicyclic) bond motifs is 1. The van der Waals surface area contributed by atoms with E-state index in [1.807, 2.05) is 65.0 Å². The van der Waals surface area contributed by atoms with E-state index in [4.69, 9.17) is 19.3 Å². The van der Waals surface area contributed by atoms with E-state index in [1.165, 1.54) is 12.5 Å². The van der Waals surface area contributed by atoms with Crippen molar-refractivity contribution in [3.63, 3.8) is 0 Å². The summed E-state index contributed by atoms with van der Waals surface area (Å²) in [5.41, 5.74) is 0. The maximum absolute atomic E-state index is 11.5. The molecule has 0 aliphatic carbocycles. The van der Waals surface area contributed by atoms with Gasteiger partial charge in [-0.3, -0.25) is 14.4 Å². The van der Waals surface area contributed by atoms with Crippen LogP contribution in [0, 0.1) is 17.8 Å². The Morgan fingerprint density at radius 1 is 0.659 bits per heavy atom. The number of ether oxygens (including phenoxy) is 4. The molecule has 0 saturated heterocycles. The maximum atomic E-state index is 11.5. The lowest BCUT2D eigenvalue weighted by molar-refractivity contribution is -0.149. The van der Waals surface area contributed by atoms with Gasteiger partial charge in [0.15, 0.2) is 0 Å². The average Bonchev–Trinajstić information content (AvgIpc) is 2.95. The normalized spacial score (nSPS) is 10.8. The smallest absolute Gasteiger partial charge is 0.308 e. The minimum Gasteiger partial charge on any atom is -0.491 e. The predicted octanol–water partition coefficient (Wildman–Crippen LogP) is 9.96. The molecule has 1 N–H and O–H groups in total. The van der Waals surface area contributed by atoms with Crippen molar-refractivity contribution in [3.8, 4) is 5.75 Å². The number of methoxy groups -OCH3 is 1. The molecule has 0 radical (unpaired) electrons. The Labute approximate surface area is 271 Å². The van der Waals surface area contributed by atoms with E-state index in [1.54, 1.807) is 6.92 Å². The summed E-state index contributed by atoms with van der Waals surface area (Å²) in [5.74, 6) is -0.333. The highest BCUT2D eigenvalue weighted by Gasteiger charge is 2.11. The van der Waals surface area contributed by atoms with Crippen LogP contribution in [0.3, 0.4) is 0 Å². The van der Waals surface area contributed by atoms with Gasteiger partial charge in [0.05, 0.1) is 38.1 Å². The van der Waals surface area contributed by atoms with E-state index in [0.717, 1.165) is 30.4 Å². The summed E-state index contributed by atoms with van der Waals surface area (Å²) in [6, 6.07) is 14.2. The highest BCUT2D eigenvalue weighted by molar-refractivity contribution is 5.83. The van der Waals surface area contributed by atoms with Crippen LogP contribution in [0.1, 0.15) is 105 Å². The number of carboxylic acids is 1. The van der Waals surface area contributed by atoms with Gasteiger partial charge in [-0.05, 0) is 42.2 Å². The number of carbonyl (C=O) groups is 3. The first kappa shape index (κ1) is 56.6. The van der Waals surface area contributed by atoms with Crippen molar-refractivity contribution in [2.45, 2.75) is 105 Å². The third-order valence-electron chi connectivity index (χ3n) is 5.95. The van der Waals surface area contributed by atoms with Gasteiger partial charge in [-0.15, -0.1) is 0 Å². The Morgan fingerprint density at radius 3 is 1.57 bits per heavy atom. The fourth-order valence-electron chi connectivity index (χ4n) is 2.63. The zero-order valence-corrected chi connectivity index (χ0v) is 24.0. The minimum absolute atomic E-state index is 0. The third-order valence-corrected chi connectivity index (χ3v) is 5.95. The Morgan fingerprint density at radius 2 is 1.14 bits per heavy atom. The second-order valence-electron chi connectivity index (χ2n) is 8.93. The van der Waals surface area contributed by atoms with Crippen molar-refractivity contribution in [1.29, 1.82) is 0 Å². The van der Waals surface area contributed by atoms with Gasteiger partial charge in [0.25, 0.3) is 0 Å². The second kappa shape index (κ2) is 34.4. The lowest BCUT2D eigenvalue weighted by Gasteiger charge is -2.10. The summed E-state index contributed by atoms with van der Waals surface area (Å²) in [7, 11) is 1.41. The van der Waals surface area contributed by atoms with Gasteiger partial charge >= 0.3 is 17.9 Å². The van der Waals surface area contributed by atoms with Crippen molar-refractivity contribution in [1.82, 2.24) is 0 Å². The van der Waals surface area contributed by atoms with E-state index in [0.29, 0.717) is 26.4 Å². The number of esters is 2. The molecule has 0 heterocycles. The number of rotatable bonds is 13. The van der Waals surface area contributed by atoms with Crippen LogP contribution in [0.25, 0.3) is 10.8 Å². The average molecular weight is 631 g/mol. The van der Waals surface area contributed by atoms with Crippen LogP contribution in [0.4, 0.5) is 0 Å². The molecular weight excluding hydrogens is 560 g/mol. The van der Waals surface area contributed by atoms with Crippen LogP contribution >= 0.6 is 0 Å². The highest BCUT2D eigenvalue weighted by Crippen LogP contribution is 2.20. The van der Waals surface area contributed by atoms with Gasteiger partial charge in [-0.25, -0.2) is 0 Å². The molecular formula is C36H70O8. The Bertz CT molecular complexity index is 945. The van der Waals surface area contributed by atoms with Gasteiger partial charge < -0.3 is 24.1 Å². The minimum atomic E-state index is -0.706.